The summed E-state index contributed by atoms with van der Waals surface area (Å²) in [7, 11) is -1.29. The third kappa shape index (κ3) is 3.86. The van der Waals surface area contributed by atoms with Crippen LogP contribution in [0, 0.1) is 18.4 Å². The summed E-state index contributed by atoms with van der Waals surface area (Å²) in [4.78, 5) is 0. The molecule has 1 heterocycles. The van der Waals surface area contributed by atoms with Crippen molar-refractivity contribution in [2.75, 3.05) is 0 Å². The Labute approximate surface area is 80.4 Å². The Bertz CT molecular complexity index is 355. The monoisotopic (exact) mass is 190 g/mol. The fourth-order valence-electron chi connectivity index (χ4n) is 0.777. The molecule has 0 saturated heterocycles. The van der Waals surface area contributed by atoms with E-state index in [1.165, 1.54) is 0 Å². The summed E-state index contributed by atoms with van der Waals surface area (Å²) >= 11 is 0. The maximum atomic E-state index is 3.94. The highest BCUT2D eigenvalue weighted by atomic mass is 28.3. The predicted molar refractivity (Wildman–Crippen MR) is 57.0 cm³/mol. The highest BCUT2D eigenvalue weighted by Crippen LogP contribution is 1.99. The van der Waals surface area contributed by atoms with Crippen LogP contribution in [0.5, 0.6) is 0 Å². The second-order valence-electron chi connectivity index (χ2n) is 4.12. The molecule has 1 rings (SSSR count). The molecule has 0 bridgehead atoms. The predicted octanol–water partition coefficient (Wildman–Crippen LogP) is 2.01. The molecule has 13 heavy (non-hydrogen) atoms. The minimum Gasteiger partial charge on any atom is -0.158 e. The number of hydrogen-bond donors (Lipinski definition) is 0. The van der Waals surface area contributed by atoms with Gasteiger partial charge in [0, 0.05) is 0 Å². The number of aryl methyl sites for hydroxylation is 1. The van der Waals surface area contributed by atoms with E-state index in [9.17, 15) is 0 Å². The van der Waals surface area contributed by atoms with E-state index >= 15 is 0 Å². The molecule has 68 valence electrons. The summed E-state index contributed by atoms with van der Waals surface area (Å²) in [6.07, 6.45) is 1.74. The smallest absolute Gasteiger partial charge is 0.135 e. The molecule has 3 heteroatoms. The Morgan fingerprint density at radius 2 is 2.00 bits per heavy atom. The van der Waals surface area contributed by atoms with Gasteiger partial charge in [0.2, 0.25) is 0 Å². The van der Waals surface area contributed by atoms with E-state index in [4.69, 9.17) is 0 Å². The molecule has 0 spiro atoms. The minimum atomic E-state index is -1.29. The first-order chi connectivity index (χ1) is 5.97. The van der Waals surface area contributed by atoms with Gasteiger partial charge in [-0.05, 0) is 18.6 Å². The van der Waals surface area contributed by atoms with Gasteiger partial charge in [0.15, 0.2) is 0 Å². The lowest BCUT2D eigenvalue weighted by atomic mass is 10.3. The van der Waals surface area contributed by atoms with Crippen LogP contribution in [-0.2, 0) is 0 Å². The molecular weight excluding hydrogens is 176 g/mol. The Morgan fingerprint density at radius 3 is 2.54 bits per heavy atom. The molecule has 0 saturated carbocycles. The Kier molecular flexibility index (Phi) is 2.84. The van der Waals surface area contributed by atoms with Gasteiger partial charge in [-0.3, -0.25) is 0 Å². The van der Waals surface area contributed by atoms with Gasteiger partial charge in [-0.25, -0.2) is 0 Å². The fourth-order valence-corrected chi connectivity index (χ4v) is 1.28. The van der Waals surface area contributed by atoms with E-state index in [2.05, 4.69) is 41.3 Å². The summed E-state index contributed by atoms with van der Waals surface area (Å²) in [5.41, 5.74) is 5.14. The highest BCUT2D eigenvalue weighted by molar-refractivity contribution is 6.83. The van der Waals surface area contributed by atoms with Crippen LogP contribution in [0.1, 0.15) is 11.3 Å². The van der Waals surface area contributed by atoms with Crippen LogP contribution in [-0.4, -0.2) is 18.3 Å². The van der Waals surface area contributed by atoms with Crippen LogP contribution in [0.3, 0.4) is 0 Å². The second kappa shape index (κ2) is 3.71. The van der Waals surface area contributed by atoms with E-state index < -0.39 is 8.07 Å². The van der Waals surface area contributed by atoms with Crippen LogP contribution >= 0.6 is 0 Å². The molecule has 0 atom stereocenters. The van der Waals surface area contributed by atoms with Crippen LogP contribution in [0.15, 0.2) is 12.3 Å². The first kappa shape index (κ1) is 9.94. The van der Waals surface area contributed by atoms with E-state index in [0.29, 0.717) is 0 Å². The Morgan fingerprint density at radius 1 is 1.31 bits per heavy atom. The molecule has 0 aliphatic heterocycles. The molecule has 0 aliphatic carbocycles. The summed E-state index contributed by atoms with van der Waals surface area (Å²) in [6.45, 7) is 8.63. The number of nitrogens with zero attached hydrogens (tertiary/aromatic N) is 2. The van der Waals surface area contributed by atoms with Gasteiger partial charge in [-0.1, -0.05) is 25.6 Å². The van der Waals surface area contributed by atoms with Crippen LogP contribution in [0.2, 0.25) is 19.6 Å². The molecular formula is C10H14N2Si. The van der Waals surface area contributed by atoms with Gasteiger partial charge >= 0.3 is 0 Å². The van der Waals surface area contributed by atoms with Crippen molar-refractivity contribution in [2.24, 2.45) is 0 Å². The first-order valence-electron chi connectivity index (χ1n) is 4.30. The maximum Gasteiger partial charge on any atom is 0.135 e. The van der Waals surface area contributed by atoms with Crippen molar-refractivity contribution in [3.05, 3.63) is 23.5 Å². The third-order valence-electron chi connectivity index (χ3n) is 1.36. The minimum absolute atomic E-state index is 0.780. The lowest BCUT2D eigenvalue weighted by Gasteiger charge is -2.02. The number of hydrogen-bond acceptors (Lipinski definition) is 2. The van der Waals surface area contributed by atoms with Gasteiger partial charge in [-0.2, -0.15) is 5.10 Å². The molecule has 0 amide bonds. The molecule has 0 aromatic carbocycles. The van der Waals surface area contributed by atoms with Gasteiger partial charge in [0.05, 0.1) is 6.20 Å². The van der Waals surface area contributed by atoms with Crippen LogP contribution in [0.4, 0.5) is 0 Å². The molecule has 0 unspecified atom stereocenters. The molecule has 0 radical (unpaired) electrons. The van der Waals surface area contributed by atoms with E-state index in [-0.39, 0.29) is 0 Å². The zero-order chi connectivity index (χ0) is 9.90. The topological polar surface area (TPSA) is 25.8 Å². The van der Waals surface area contributed by atoms with E-state index in [0.717, 1.165) is 11.3 Å². The fraction of sp³-hybridized carbons (Fsp3) is 0.400. The molecule has 0 aliphatic rings. The normalized spacial score (nSPS) is 10.5. The van der Waals surface area contributed by atoms with Crippen molar-refractivity contribution in [1.82, 2.24) is 10.2 Å². The lowest BCUT2D eigenvalue weighted by Crippen LogP contribution is -2.16. The molecule has 1 aromatic heterocycles. The number of aromatic nitrogens is 2. The van der Waals surface area contributed by atoms with Crippen LogP contribution in [0.25, 0.3) is 0 Å². The SMILES string of the molecule is Cc1cnnc(C#C[Si](C)(C)C)c1. The summed E-state index contributed by atoms with van der Waals surface area (Å²) < 4.78 is 0. The van der Waals surface area contributed by atoms with Crippen molar-refractivity contribution in [1.29, 1.82) is 0 Å². The molecule has 2 nitrogen and oxygen atoms in total. The maximum absolute atomic E-state index is 3.94. The van der Waals surface area contributed by atoms with Gasteiger partial charge < -0.3 is 0 Å². The summed E-state index contributed by atoms with van der Waals surface area (Å²) in [5, 5.41) is 7.79. The van der Waals surface area contributed by atoms with Crippen molar-refractivity contribution in [2.45, 2.75) is 26.6 Å². The number of rotatable bonds is 0. The quantitative estimate of drug-likeness (QED) is 0.462. The first-order valence-corrected chi connectivity index (χ1v) is 7.80. The third-order valence-corrected chi connectivity index (χ3v) is 2.23. The van der Waals surface area contributed by atoms with Gasteiger partial charge in [0.25, 0.3) is 0 Å². The van der Waals surface area contributed by atoms with Crippen LogP contribution < -0.4 is 0 Å². The van der Waals surface area contributed by atoms with E-state index in [1.54, 1.807) is 6.20 Å². The van der Waals surface area contributed by atoms with Crippen molar-refractivity contribution >= 4 is 8.07 Å². The lowest BCUT2D eigenvalue weighted by molar-refractivity contribution is 0.998. The second-order valence-corrected chi connectivity index (χ2v) is 8.87. The van der Waals surface area contributed by atoms with Crippen molar-refractivity contribution in [3.63, 3.8) is 0 Å². The summed E-state index contributed by atoms with van der Waals surface area (Å²) in [6, 6.07) is 1.96. The molecule has 0 N–H and O–H groups in total. The average Bonchev–Trinajstić information content (AvgIpc) is 2.00. The molecule has 0 fully saturated rings. The summed E-state index contributed by atoms with van der Waals surface area (Å²) in [5.74, 6) is 3.06. The van der Waals surface area contributed by atoms with Crippen molar-refractivity contribution < 1.29 is 0 Å². The van der Waals surface area contributed by atoms with E-state index in [1.807, 2.05) is 13.0 Å². The largest absolute Gasteiger partial charge is 0.158 e. The Hall–Kier alpha value is -1.14. The molecule has 1 aromatic rings. The zero-order valence-electron chi connectivity index (χ0n) is 8.55. The van der Waals surface area contributed by atoms with Gasteiger partial charge in [0.1, 0.15) is 13.8 Å². The average molecular weight is 190 g/mol. The Balaban J connectivity index is 2.90. The van der Waals surface area contributed by atoms with Gasteiger partial charge in [-0.15, -0.1) is 10.6 Å². The highest BCUT2D eigenvalue weighted by Gasteiger charge is 2.07. The standard InChI is InChI=1S/C10H14N2Si/c1-9-7-10(12-11-8-9)5-6-13(2,3)4/h7-8H,1-4H3. The van der Waals surface area contributed by atoms with Crippen molar-refractivity contribution in [3.8, 4) is 11.5 Å². The zero-order valence-corrected chi connectivity index (χ0v) is 9.55.